The number of nitrogens with zero attached hydrogens (tertiary/aromatic N) is 1. The van der Waals surface area contributed by atoms with E-state index < -0.39 is 6.09 Å². The Bertz CT molecular complexity index is 231. The van der Waals surface area contributed by atoms with Gasteiger partial charge in [0.15, 0.2) is 0 Å². The molecule has 2 N–H and O–H groups in total. The van der Waals surface area contributed by atoms with Gasteiger partial charge in [-0.05, 0) is 6.42 Å². The largest absolute Gasteiger partial charge is 0.465 e. The first kappa shape index (κ1) is 10.8. The van der Waals surface area contributed by atoms with Crippen molar-refractivity contribution in [1.29, 1.82) is 0 Å². The van der Waals surface area contributed by atoms with Crippen LogP contribution in [0.3, 0.4) is 0 Å². The molecule has 1 rings (SSSR count). The van der Waals surface area contributed by atoms with Crippen molar-refractivity contribution in [2.75, 3.05) is 26.8 Å². The first-order chi connectivity index (χ1) is 6.63. The van der Waals surface area contributed by atoms with Gasteiger partial charge in [0.25, 0.3) is 0 Å². The van der Waals surface area contributed by atoms with Crippen LogP contribution in [0, 0.1) is 0 Å². The molecule has 2 amide bonds. The Labute approximate surface area is 81.8 Å². The summed E-state index contributed by atoms with van der Waals surface area (Å²) in [4.78, 5) is 22.9. The van der Waals surface area contributed by atoms with E-state index in [0.29, 0.717) is 19.5 Å². The number of hydrogen-bond donors (Lipinski definition) is 2. The van der Waals surface area contributed by atoms with Crippen LogP contribution in [0.1, 0.15) is 6.42 Å². The molecule has 1 saturated heterocycles. The zero-order valence-electron chi connectivity index (χ0n) is 8.02. The van der Waals surface area contributed by atoms with Crippen molar-refractivity contribution in [3.63, 3.8) is 0 Å². The second-order valence-corrected chi connectivity index (χ2v) is 3.21. The van der Waals surface area contributed by atoms with Gasteiger partial charge in [0.2, 0.25) is 5.91 Å². The third-order valence-corrected chi connectivity index (χ3v) is 2.10. The molecule has 0 aromatic rings. The molecule has 14 heavy (non-hydrogen) atoms. The summed E-state index contributed by atoms with van der Waals surface area (Å²) in [5, 5.41) is 11.4. The molecule has 80 valence electrons. The van der Waals surface area contributed by atoms with Gasteiger partial charge in [0.05, 0.1) is 0 Å². The molecule has 0 aromatic carbocycles. The Morgan fingerprint density at radius 1 is 1.64 bits per heavy atom. The number of hydrogen-bond acceptors (Lipinski definition) is 3. The fourth-order valence-electron chi connectivity index (χ4n) is 1.45. The zero-order chi connectivity index (χ0) is 10.6. The summed E-state index contributed by atoms with van der Waals surface area (Å²) in [5.41, 5.74) is 0. The average Bonchev–Trinajstić information content (AvgIpc) is 2.53. The van der Waals surface area contributed by atoms with Crippen LogP contribution in [0.5, 0.6) is 0 Å². The second kappa shape index (κ2) is 4.80. The minimum absolute atomic E-state index is 0.0174. The minimum Gasteiger partial charge on any atom is -0.465 e. The van der Waals surface area contributed by atoms with Gasteiger partial charge >= 0.3 is 6.09 Å². The monoisotopic (exact) mass is 202 g/mol. The van der Waals surface area contributed by atoms with Crippen LogP contribution in [0.15, 0.2) is 0 Å². The molecule has 0 aliphatic carbocycles. The van der Waals surface area contributed by atoms with E-state index in [1.807, 2.05) is 0 Å². The summed E-state index contributed by atoms with van der Waals surface area (Å²) < 4.78 is 4.65. The summed E-state index contributed by atoms with van der Waals surface area (Å²) in [5.74, 6) is -0.204. The molecule has 0 radical (unpaired) electrons. The predicted molar refractivity (Wildman–Crippen MR) is 48.0 cm³/mol. The number of amides is 2. The van der Waals surface area contributed by atoms with Gasteiger partial charge in [0.1, 0.15) is 6.61 Å². The van der Waals surface area contributed by atoms with Gasteiger partial charge in [-0.3, -0.25) is 4.79 Å². The molecule has 1 heterocycles. The number of methoxy groups -OCH3 is 1. The quantitative estimate of drug-likeness (QED) is 0.646. The number of nitrogens with one attached hydrogen (secondary N) is 1. The van der Waals surface area contributed by atoms with Crippen LogP contribution in [-0.4, -0.2) is 54.9 Å². The maximum absolute atomic E-state index is 11.1. The number of likely N-dealkylation sites (tertiary alicyclic amines) is 1. The molecule has 1 fully saturated rings. The first-order valence-electron chi connectivity index (χ1n) is 4.39. The van der Waals surface area contributed by atoms with Crippen molar-refractivity contribution in [2.24, 2.45) is 0 Å². The Morgan fingerprint density at radius 2 is 2.36 bits per heavy atom. The number of carboxylic acid groups (broad SMARTS) is 1. The van der Waals surface area contributed by atoms with Gasteiger partial charge in [0, 0.05) is 26.2 Å². The molecule has 6 heteroatoms. The fraction of sp³-hybridized carbons (Fsp3) is 0.750. The number of ether oxygens (including phenoxy) is 1. The molecule has 0 bridgehead atoms. The number of carbonyl (C=O) groups is 2. The van der Waals surface area contributed by atoms with E-state index in [-0.39, 0.29) is 18.6 Å². The summed E-state index contributed by atoms with van der Waals surface area (Å²) in [6, 6.07) is -0.0752. The van der Waals surface area contributed by atoms with Crippen LogP contribution in [0.4, 0.5) is 4.79 Å². The fourth-order valence-corrected chi connectivity index (χ4v) is 1.45. The Morgan fingerprint density at radius 3 is 2.86 bits per heavy atom. The highest BCUT2D eigenvalue weighted by Crippen LogP contribution is 2.08. The SMILES string of the molecule is COCC(=O)NC1CCN(C(=O)O)C1. The lowest BCUT2D eigenvalue weighted by molar-refractivity contribution is -0.125. The smallest absolute Gasteiger partial charge is 0.407 e. The summed E-state index contributed by atoms with van der Waals surface area (Å²) in [6.07, 6.45) is -0.268. The third kappa shape index (κ3) is 2.88. The van der Waals surface area contributed by atoms with Crippen LogP contribution in [-0.2, 0) is 9.53 Å². The molecule has 1 atom stereocenters. The molecule has 0 saturated carbocycles. The lowest BCUT2D eigenvalue weighted by Gasteiger charge is -2.13. The van der Waals surface area contributed by atoms with Crippen molar-refractivity contribution in [3.8, 4) is 0 Å². The van der Waals surface area contributed by atoms with Gasteiger partial charge in [-0.2, -0.15) is 0 Å². The van der Waals surface area contributed by atoms with Gasteiger partial charge in [-0.15, -0.1) is 0 Å². The Kier molecular flexibility index (Phi) is 3.70. The zero-order valence-corrected chi connectivity index (χ0v) is 8.02. The molecular formula is C8H14N2O4. The lowest BCUT2D eigenvalue weighted by atomic mass is 10.2. The first-order valence-corrected chi connectivity index (χ1v) is 4.39. The molecule has 1 unspecified atom stereocenters. The van der Waals surface area contributed by atoms with Crippen molar-refractivity contribution in [1.82, 2.24) is 10.2 Å². The molecule has 0 aromatic heterocycles. The van der Waals surface area contributed by atoms with Gasteiger partial charge < -0.3 is 20.1 Å². The second-order valence-electron chi connectivity index (χ2n) is 3.21. The lowest BCUT2D eigenvalue weighted by Crippen LogP contribution is -2.39. The van der Waals surface area contributed by atoms with Crippen LogP contribution in [0.25, 0.3) is 0 Å². The number of carbonyl (C=O) groups excluding carboxylic acids is 1. The predicted octanol–water partition coefficient (Wildman–Crippen LogP) is -0.499. The summed E-state index contributed by atoms with van der Waals surface area (Å²) in [6.45, 7) is 0.863. The highest BCUT2D eigenvalue weighted by Gasteiger charge is 2.26. The molecule has 1 aliphatic rings. The minimum atomic E-state index is -0.937. The van der Waals surface area contributed by atoms with E-state index in [2.05, 4.69) is 10.1 Å². The number of rotatable bonds is 3. The van der Waals surface area contributed by atoms with Gasteiger partial charge in [-0.25, -0.2) is 4.79 Å². The Balaban J connectivity index is 2.28. The van der Waals surface area contributed by atoms with Crippen LogP contribution >= 0.6 is 0 Å². The summed E-state index contributed by atoms with van der Waals surface area (Å²) in [7, 11) is 1.44. The topological polar surface area (TPSA) is 78.9 Å². The normalized spacial score (nSPS) is 20.9. The van der Waals surface area contributed by atoms with E-state index >= 15 is 0 Å². The van der Waals surface area contributed by atoms with Crippen molar-refractivity contribution >= 4 is 12.0 Å². The van der Waals surface area contributed by atoms with E-state index in [9.17, 15) is 9.59 Å². The van der Waals surface area contributed by atoms with Crippen LogP contribution in [0.2, 0.25) is 0 Å². The molecular weight excluding hydrogens is 188 g/mol. The maximum Gasteiger partial charge on any atom is 0.407 e. The highest BCUT2D eigenvalue weighted by molar-refractivity contribution is 5.77. The summed E-state index contributed by atoms with van der Waals surface area (Å²) >= 11 is 0. The third-order valence-electron chi connectivity index (χ3n) is 2.10. The van der Waals surface area contributed by atoms with Crippen molar-refractivity contribution < 1.29 is 19.4 Å². The van der Waals surface area contributed by atoms with Crippen molar-refractivity contribution in [3.05, 3.63) is 0 Å². The maximum atomic E-state index is 11.1. The average molecular weight is 202 g/mol. The molecule has 6 nitrogen and oxygen atoms in total. The van der Waals surface area contributed by atoms with E-state index in [0.717, 1.165) is 0 Å². The van der Waals surface area contributed by atoms with E-state index in [1.165, 1.54) is 12.0 Å². The van der Waals surface area contributed by atoms with Crippen molar-refractivity contribution in [2.45, 2.75) is 12.5 Å². The van der Waals surface area contributed by atoms with Gasteiger partial charge in [-0.1, -0.05) is 0 Å². The Hall–Kier alpha value is -1.30. The molecule has 0 spiro atoms. The van der Waals surface area contributed by atoms with E-state index in [4.69, 9.17) is 5.11 Å². The standard InChI is InChI=1S/C8H14N2O4/c1-14-5-7(11)9-6-2-3-10(4-6)8(12)13/h6H,2-5H2,1H3,(H,9,11)(H,12,13). The van der Waals surface area contributed by atoms with E-state index in [1.54, 1.807) is 0 Å². The van der Waals surface area contributed by atoms with Crippen LogP contribution < -0.4 is 5.32 Å². The molecule has 1 aliphatic heterocycles. The highest BCUT2D eigenvalue weighted by atomic mass is 16.5.